The molecular formula is C17H24N2O2. The van der Waals surface area contributed by atoms with Crippen LogP contribution in [0.25, 0.3) is 0 Å². The molecule has 1 saturated carbocycles. The summed E-state index contributed by atoms with van der Waals surface area (Å²) in [6.45, 7) is 1.80. The van der Waals surface area contributed by atoms with Crippen molar-refractivity contribution in [2.24, 2.45) is 5.92 Å². The van der Waals surface area contributed by atoms with E-state index in [9.17, 15) is 5.11 Å². The molecule has 1 aromatic carbocycles. The molecule has 0 radical (unpaired) electrons. The summed E-state index contributed by atoms with van der Waals surface area (Å²) in [4.78, 5) is 0. The quantitative estimate of drug-likeness (QED) is 0.721. The number of hydrogen-bond donors (Lipinski definition) is 2. The van der Waals surface area contributed by atoms with Gasteiger partial charge < -0.3 is 15.2 Å². The molecule has 1 fully saturated rings. The molecule has 21 heavy (non-hydrogen) atoms. The minimum Gasteiger partial charge on any atom is -0.491 e. The lowest BCUT2D eigenvalue weighted by Gasteiger charge is -2.14. The van der Waals surface area contributed by atoms with E-state index in [1.165, 1.54) is 32.1 Å². The fraction of sp³-hybridized carbons (Fsp3) is 0.588. The third-order valence-electron chi connectivity index (χ3n) is 4.01. The number of nitriles is 1. The highest BCUT2D eigenvalue weighted by Gasteiger charge is 2.14. The number of aliphatic hydroxyl groups excluding tert-OH is 1. The van der Waals surface area contributed by atoms with E-state index in [1.807, 2.05) is 0 Å². The summed E-state index contributed by atoms with van der Waals surface area (Å²) < 4.78 is 5.50. The van der Waals surface area contributed by atoms with Gasteiger partial charge in [0.15, 0.2) is 0 Å². The van der Waals surface area contributed by atoms with Crippen LogP contribution in [0.1, 0.15) is 37.7 Å². The zero-order valence-electron chi connectivity index (χ0n) is 12.4. The number of hydrogen-bond acceptors (Lipinski definition) is 4. The summed E-state index contributed by atoms with van der Waals surface area (Å²) in [5, 5.41) is 21.9. The highest BCUT2D eigenvalue weighted by atomic mass is 16.5. The van der Waals surface area contributed by atoms with Crippen LogP contribution >= 0.6 is 0 Å². The third kappa shape index (κ3) is 5.74. The lowest BCUT2D eigenvalue weighted by molar-refractivity contribution is 0.106. The van der Waals surface area contributed by atoms with Gasteiger partial charge in [0.2, 0.25) is 0 Å². The molecule has 4 heteroatoms. The first-order chi connectivity index (χ1) is 10.3. The van der Waals surface area contributed by atoms with Crippen molar-refractivity contribution >= 4 is 0 Å². The number of benzene rings is 1. The molecule has 0 aromatic heterocycles. The van der Waals surface area contributed by atoms with Crippen LogP contribution in [0.5, 0.6) is 5.75 Å². The van der Waals surface area contributed by atoms with Crippen LogP contribution in [0.2, 0.25) is 0 Å². The zero-order chi connectivity index (χ0) is 14.9. The van der Waals surface area contributed by atoms with Crippen LogP contribution < -0.4 is 10.1 Å². The van der Waals surface area contributed by atoms with E-state index in [4.69, 9.17) is 10.00 Å². The highest BCUT2D eigenvalue weighted by molar-refractivity contribution is 5.34. The minimum atomic E-state index is -0.510. The number of ether oxygens (including phenoxy) is 1. The highest BCUT2D eigenvalue weighted by Crippen LogP contribution is 2.26. The Morgan fingerprint density at radius 2 is 2.00 bits per heavy atom. The SMILES string of the molecule is N#Cc1ccc(OCC(O)CNCCC2CCCC2)cc1. The van der Waals surface area contributed by atoms with E-state index in [0.29, 0.717) is 17.9 Å². The van der Waals surface area contributed by atoms with Gasteiger partial charge in [0.1, 0.15) is 18.5 Å². The molecule has 4 nitrogen and oxygen atoms in total. The molecule has 0 bridgehead atoms. The van der Waals surface area contributed by atoms with Crippen molar-refractivity contribution in [3.8, 4) is 11.8 Å². The first kappa shape index (κ1) is 15.8. The average molecular weight is 288 g/mol. The lowest BCUT2D eigenvalue weighted by atomic mass is 10.0. The Labute approximate surface area is 126 Å². The number of nitrogens with zero attached hydrogens (tertiary/aromatic N) is 1. The molecule has 1 unspecified atom stereocenters. The molecule has 0 heterocycles. The van der Waals surface area contributed by atoms with Crippen molar-refractivity contribution in [1.29, 1.82) is 5.26 Å². The predicted octanol–water partition coefficient (Wildman–Crippen LogP) is 2.47. The van der Waals surface area contributed by atoms with Gasteiger partial charge >= 0.3 is 0 Å². The second kappa shape index (κ2) is 8.66. The van der Waals surface area contributed by atoms with Gasteiger partial charge in [0, 0.05) is 6.54 Å². The van der Waals surface area contributed by atoms with Crippen LogP contribution in [0, 0.1) is 17.2 Å². The van der Waals surface area contributed by atoms with Crippen molar-refractivity contribution in [2.75, 3.05) is 19.7 Å². The van der Waals surface area contributed by atoms with E-state index in [-0.39, 0.29) is 6.61 Å². The topological polar surface area (TPSA) is 65.3 Å². The van der Waals surface area contributed by atoms with Crippen molar-refractivity contribution in [2.45, 2.75) is 38.2 Å². The maximum Gasteiger partial charge on any atom is 0.119 e. The van der Waals surface area contributed by atoms with Gasteiger partial charge in [0.25, 0.3) is 0 Å². The third-order valence-corrected chi connectivity index (χ3v) is 4.01. The second-order valence-corrected chi connectivity index (χ2v) is 5.74. The van der Waals surface area contributed by atoms with Crippen LogP contribution in [0.15, 0.2) is 24.3 Å². The fourth-order valence-electron chi connectivity index (χ4n) is 2.75. The lowest BCUT2D eigenvalue weighted by Crippen LogP contribution is -2.32. The fourth-order valence-corrected chi connectivity index (χ4v) is 2.75. The molecule has 0 spiro atoms. The van der Waals surface area contributed by atoms with Gasteiger partial charge in [-0.3, -0.25) is 0 Å². The Morgan fingerprint density at radius 3 is 2.67 bits per heavy atom. The van der Waals surface area contributed by atoms with E-state index < -0.39 is 6.10 Å². The summed E-state index contributed by atoms with van der Waals surface area (Å²) in [7, 11) is 0. The Hall–Kier alpha value is -1.57. The molecule has 2 rings (SSSR count). The predicted molar refractivity (Wildman–Crippen MR) is 82.1 cm³/mol. The Kier molecular flexibility index (Phi) is 6.52. The smallest absolute Gasteiger partial charge is 0.119 e. The second-order valence-electron chi connectivity index (χ2n) is 5.74. The molecule has 0 saturated heterocycles. The largest absolute Gasteiger partial charge is 0.491 e. The van der Waals surface area contributed by atoms with Gasteiger partial charge in [0.05, 0.1) is 11.6 Å². The van der Waals surface area contributed by atoms with Gasteiger partial charge in [-0.05, 0) is 43.1 Å². The molecular weight excluding hydrogens is 264 g/mol. The number of nitrogens with one attached hydrogen (secondary N) is 1. The molecule has 2 N–H and O–H groups in total. The van der Waals surface area contributed by atoms with Gasteiger partial charge in [-0.2, -0.15) is 5.26 Å². The van der Waals surface area contributed by atoms with Crippen molar-refractivity contribution < 1.29 is 9.84 Å². The minimum absolute atomic E-state index is 0.266. The van der Waals surface area contributed by atoms with Crippen molar-refractivity contribution in [3.05, 3.63) is 29.8 Å². The van der Waals surface area contributed by atoms with Crippen LogP contribution in [-0.4, -0.2) is 30.9 Å². The number of rotatable bonds is 8. The van der Waals surface area contributed by atoms with Crippen molar-refractivity contribution in [3.63, 3.8) is 0 Å². The summed E-state index contributed by atoms with van der Waals surface area (Å²) >= 11 is 0. The first-order valence-corrected chi connectivity index (χ1v) is 7.79. The van der Waals surface area contributed by atoms with E-state index in [0.717, 1.165) is 12.5 Å². The Balaban J connectivity index is 1.56. The standard InChI is InChI=1S/C17H24N2O2/c18-11-15-5-7-17(8-6-15)21-13-16(20)12-19-10-9-14-3-1-2-4-14/h5-8,14,16,19-20H,1-4,9-10,12-13H2. The summed E-state index contributed by atoms with van der Waals surface area (Å²) in [5.41, 5.74) is 0.608. The van der Waals surface area contributed by atoms with Crippen LogP contribution in [0.3, 0.4) is 0 Å². The molecule has 1 aromatic rings. The summed E-state index contributed by atoms with van der Waals surface area (Å²) in [6, 6.07) is 8.98. The molecule has 1 aliphatic rings. The van der Waals surface area contributed by atoms with Gasteiger partial charge in [-0.1, -0.05) is 25.7 Å². The van der Waals surface area contributed by atoms with E-state index in [2.05, 4.69) is 11.4 Å². The average Bonchev–Trinajstić information content (AvgIpc) is 3.03. The van der Waals surface area contributed by atoms with E-state index >= 15 is 0 Å². The molecule has 0 amide bonds. The van der Waals surface area contributed by atoms with E-state index in [1.54, 1.807) is 24.3 Å². The number of aliphatic hydroxyl groups is 1. The molecule has 114 valence electrons. The maximum absolute atomic E-state index is 9.86. The Bertz CT molecular complexity index is 447. The Morgan fingerprint density at radius 1 is 1.29 bits per heavy atom. The summed E-state index contributed by atoms with van der Waals surface area (Å²) in [5.74, 6) is 1.56. The normalized spacial score (nSPS) is 16.6. The molecule has 1 atom stereocenters. The summed E-state index contributed by atoms with van der Waals surface area (Å²) in [6.07, 6.45) is 6.20. The van der Waals surface area contributed by atoms with Crippen LogP contribution in [0.4, 0.5) is 0 Å². The molecule has 0 aliphatic heterocycles. The van der Waals surface area contributed by atoms with Crippen molar-refractivity contribution in [1.82, 2.24) is 5.32 Å². The van der Waals surface area contributed by atoms with Gasteiger partial charge in [-0.25, -0.2) is 0 Å². The monoisotopic (exact) mass is 288 g/mol. The van der Waals surface area contributed by atoms with Crippen LogP contribution in [-0.2, 0) is 0 Å². The first-order valence-electron chi connectivity index (χ1n) is 7.79. The zero-order valence-corrected chi connectivity index (χ0v) is 12.4. The molecule has 1 aliphatic carbocycles. The van der Waals surface area contributed by atoms with Gasteiger partial charge in [-0.15, -0.1) is 0 Å². The maximum atomic E-state index is 9.86.